The number of rotatable bonds is 11. The molecular formula is C26H30Cl2FN4O6P. The standard InChI is InChI=1S/C26H30Cl2FN4O6P/c1-4-37-40(35,38-5-2)14-23(34)33-10-8-16(9-11-33)39-22-12-17-20(13-21(22)36-3)30-15-31-26(17)32-19-7-6-18(27)24(28)25(19)29/h6-7,12-13,15-16H,4-5,8-11,14H2,1-3H3,(H,30,31,32). The molecule has 2 heterocycles. The molecular weight excluding hydrogens is 585 g/mol. The van der Waals surface area contributed by atoms with E-state index in [-0.39, 0.29) is 47.1 Å². The Bertz CT molecular complexity index is 1410. The van der Waals surface area contributed by atoms with Crippen molar-refractivity contribution in [2.75, 3.05) is 44.9 Å². The van der Waals surface area contributed by atoms with Crippen molar-refractivity contribution >= 4 is 59.1 Å². The first kappa shape index (κ1) is 30.3. The van der Waals surface area contributed by atoms with Gasteiger partial charge in [0, 0.05) is 37.4 Å². The van der Waals surface area contributed by atoms with E-state index < -0.39 is 13.4 Å². The van der Waals surface area contributed by atoms with Gasteiger partial charge < -0.3 is 28.7 Å². The predicted molar refractivity (Wildman–Crippen MR) is 152 cm³/mol. The maximum atomic E-state index is 14.7. The number of hydrogen-bond acceptors (Lipinski definition) is 9. The number of carbonyl (C=O) groups excluding carboxylic acids is 1. The zero-order chi connectivity index (χ0) is 28.9. The summed E-state index contributed by atoms with van der Waals surface area (Å²) in [5.41, 5.74) is 0.651. The molecule has 0 aliphatic carbocycles. The van der Waals surface area contributed by atoms with Gasteiger partial charge in [0.25, 0.3) is 0 Å². The van der Waals surface area contributed by atoms with Crippen LogP contribution in [0.15, 0.2) is 30.6 Å². The van der Waals surface area contributed by atoms with E-state index in [0.717, 1.165) is 0 Å². The van der Waals surface area contributed by atoms with E-state index in [2.05, 4.69) is 15.3 Å². The quantitative estimate of drug-likeness (QED) is 0.192. The molecule has 1 fully saturated rings. The fourth-order valence-electron chi connectivity index (χ4n) is 4.36. The number of carbonyl (C=O) groups is 1. The van der Waals surface area contributed by atoms with Crippen LogP contribution in [0.5, 0.6) is 11.5 Å². The maximum Gasteiger partial charge on any atom is 0.340 e. The molecule has 0 radical (unpaired) electrons. The molecule has 4 rings (SSSR count). The third kappa shape index (κ3) is 6.95. The van der Waals surface area contributed by atoms with Crippen LogP contribution >= 0.6 is 30.8 Å². The number of nitrogens with zero attached hydrogens (tertiary/aromatic N) is 3. The first-order chi connectivity index (χ1) is 19.2. The Morgan fingerprint density at radius 3 is 2.48 bits per heavy atom. The Labute approximate surface area is 241 Å². The van der Waals surface area contributed by atoms with E-state index in [1.54, 1.807) is 30.9 Å². The Morgan fingerprint density at radius 1 is 1.12 bits per heavy atom. The molecule has 2 aromatic carbocycles. The van der Waals surface area contributed by atoms with Crippen molar-refractivity contribution in [3.63, 3.8) is 0 Å². The lowest BCUT2D eigenvalue weighted by molar-refractivity contribution is -0.130. The molecule has 14 heteroatoms. The summed E-state index contributed by atoms with van der Waals surface area (Å²) in [6.07, 6.45) is 1.93. The minimum absolute atomic E-state index is 0.1000. The Kier molecular flexibility index (Phi) is 10.1. The molecule has 40 heavy (non-hydrogen) atoms. The third-order valence-electron chi connectivity index (χ3n) is 6.28. The summed E-state index contributed by atoms with van der Waals surface area (Å²) in [7, 11) is -1.96. The second-order valence-electron chi connectivity index (χ2n) is 8.89. The lowest BCUT2D eigenvalue weighted by Crippen LogP contribution is -2.43. The number of likely N-dealkylation sites (tertiary alicyclic amines) is 1. The lowest BCUT2D eigenvalue weighted by atomic mass is 10.1. The number of hydrogen-bond donors (Lipinski definition) is 1. The van der Waals surface area contributed by atoms with Crippen LogP contribution in [0, 0.1) is 5.82 Å². The number of piperidine rings is 1. The van der Waals surface area contributed by atoms with Gasteiger partial charge in [0.1, 0.15) is 24.4 Å². The van der Waals surface area contributed by atoms with Crippen LogP contribution in [0.1, 0.15) is 26.7 Å². The molecule has 0 bridgehead atoms. The van der Waals surface area contributed by atoms with E-state index >= 15 is 0 Å². The van der Waals surface area contributed by atoms with Crippen molar-refractivity contribution in [3.05, 3.63) is 46.5 Å². The first-order valence-electron chi connectivity index (χ1n) is 12.7. The average Bonchev–Trinajstić information content (AvgIpc) is 2.93. The summed E-state index contributed by atoms with van der Waals surface area (Å²) in [5, 5.41) is 3.43. The monoisotopic (exact) mass is 614 g/mol. The molecule has 216 valence electrons. The lowest BCUT2D eigenvalue weighted by Gasteiger charge is -2.33. The van der Waals surface area contributed by atoms with Crippen LogP contribution in [-0.2, 0) is 18.4 Å². The smallest absolute Gasteiger partial charge is 0.340 e. The third-order valence-corrected chi connectivity index (χ3v) is 9.02. The Balaban J connectivity index is 1.49. The van der Waals surface area contributed by atoms with E-state index in [0.29, 0.717) is 54.2 Å². The van der Waals surface area contributed by atoms with Crippen LogP contribution < -0.4 is 14.8 Å². The number of fused-ring (bicyclic) bond motifs is 1. The summed E-state index contributed by atoms with van der Waals surface area (Å²) in [6.45, 7) is 4.64. The number of aromatic nitrogens is 2. The van der Waals surface area contributed by atoms with Gasteiger partial charge in [-0.15, -0.1) is 0 Å². The highest BCUT2D eigenvalue weighted by Crippen LogP contribution is 2.48. The van der Waals surface area contributed by atoms with Crippen LogP contribution in [0.4, 0.5) is 15.9 Å². The summed E-state index contributed by atoms with van der Waals surface area (Å²) < 4.78 is 49.8. The molecule has 1 aliphatic rings. The summed E-state index contributed by atoms with van der Waals surface area (Å²) >= 11 is 11.9. The van der Waals surface area contributed by atoms with Gasteiger partial charge >= 0.3 is 7.60 Å². The number of benzene rings is 2. The average molecular weight is 615 g/mol. The number of methoxy groups -OCH3 is 1. The van der Waals surface area contributed by atoms with Crippen molar-refractivity contribution < 1.29 is 32.3 Å². The minimum atomic E-state index is -3.48. The van der Waals surface area contributed by atoms with E-state index in [4.69, 9.17) is 41.7 Å². The van der Waals surface area contributed by atoms with Crippen molar-refractivity contribution in [1.82, 2.24) is 14.9 Å². The van der Waals surface area contributed by atoms with Crippen molar-refractivity contribution in [3.8, 4) is 11.5 Å². The van der Waals surface area contributed by atoms with Crippen LogP contribution in [0.3, 0.4) is 0 Å². The van der Waals surface area contributed by atoms with E-state index in [1.165, 1.54) is 25.6 Å². The molecule has 1 N–H and O–H groups in total. The predicted octanol–water partition coefficient (Wildman–Crippen LogP) is 6.46. The summed E-state index contributed by atoms with van der Waals surface area (Å²) in [4.78, 5) is 23.0. The van der Waals surface area contributed by atoms with Crippen LogP contribution in [-0.4, -0.2) is 66.5 Å². The number of nitrogens with one attached hydrogen (secondary N) is 1. The topological polar surface area (TPSA) is 112 Å². The second kappa shape index (κ2) is 13.3. The molecule has 0 spiro atoms. The zero-order valence-corrected chi connectivity index (χ0v) is 24.7. The molecule has 1 amide bonds. The second-order valence-corrected chi connectivity index (χ2v) is 11.7. The molecule has 1 aromatic heterocycles. The van der Waals surface area contributed by atoms with Gasteiger partial charge in [-0.1, -0.05) is 23.2 Å². The van der Waals surface area contributed by atoms with E-state index in [9.17, 15) is 13.8 Å². The van der Waals surface area contributed by atoms with Crippen molar-refractivity contribution in [2.45, 2.75) is 32.8 Å². The van der Waals surface area contributed by atoms with Gasteiger partial charge in [0.15, 0.2) is 17.3 Å². The molecule has 0 unspecified atom stereocenters. The molecule has 0 saturated carbocycles. The van der Waals surface area contributed by atoms with Gasteiger partial charge in [0.05, 0.1) is 41.6 Å². The normalized spacial score (nSPS) is 14.4. The highest BCUT2D eigenvalue weighted by molar-refractivity contribution is 7.54. The largest absolute Gasteiger partial charge is 0.493 e. The van der Waals surface area contributed by atoms with Gasteiger partial charge in [-0.3, -0.25) is 9.36 Å². The SMILES string of the molecule is CCOP(=O)(CC(=O)N1CCC(Oc2cc3c(Nc4ccc(Cl)c(Cl)c4F)ncnc3cc2OC)CC1)OCC. The highest BCUT2D eigenvalue weighted by Gasteiger charge is 2.32. The van der Waals surface area contributed by atoms with Crippen LogP contribution in [0.2, 0.25) is 10.0 Å². The van der Waals surface area contributed by atoms with Crippen molar-refractivity contribution in [1.29, 1.82) is 0 Å². The first-order valence-corrected chi connectivity index (χ1v) is 15.2. The fraction of sp³-hybridized carbons (Fsp3) is 0.423. The van der Waals surface area contributed by atoms with Gasteiger partial charge in [-0.25, -0.2) is 14.4 Å². The molecule has 10 nitrogen and oxygen atoms in total. The molecule has 3 aromatic rings. The minimum Gasteiger partial charge on any atom is -0.493 e. The molecule has 1 aliphatic heterocycles. The Morgan fingerprint density at radius 2 is 1.82 bits per heavy atom. The Hall–Kier alpha value is -2.69. The van der Waals surface area contributed by atoms with Crippen LogP contribution in [0.25, 0.3) is 10.9 Å². The van der Waals surface area contributed by atoms with Gasteiger partial charge in [0.2, 0.25) is 5.91 Å². The number of halogens is 3. The number of anilines is 2. The number of amides is 1. The molecule has 1 saturated heterocycles. The van der Waals surface area contributed by atoms with Crippen molar-refractivity contribution in [2.24, 2.45) is 0 Å². The maximum absolute atomic E-state index is 14.7. The summed E-state index contributed by atoms with van der Waals surface area (Å²) in [6, 6.07) is 6.39. The van der Waals surface area contributed by atoms with Gasteiger partial charge in [-0.05, 0) is 32.0 Å². The van der Waals surface area contributed by atoms with E-state index in [1.807, 2.05) is 0 Å². The fourth-order valence-corrected chi connectivity index (χ4v) is 6.24. The van der Waals surface area contributed by atoms with Gasteiger partial charge in [-0.2, -0.15) is 0 Å². The molecule has 0 atom stereocenters. The highest BCUT2D eigenvalue weighted by atomic mass is 35.5. The number of ether oxygens (including phenoxy) is 2. The zero-order valence-electron chi connectivity index (χ0n) is 22.3. The summed E-state index contributed by atoms with van der Waals surface area (Å²) in [5.74, 6) is 0.263.